The lowest BCUT2D eigenvalue weighted by atomic mass is 9.98. The number of carbonyl (C=O) groups is 1. The summed E-state index contributed by atoms with van der Waals surface area (Å²) in [6, 6.07) is 14.4. The molecule has 2 aromatic carbocycles. The van der Waals surface area contributed by atoms with E-state index in [1.54, 1.807) is 0 Å². The van der Waals surface area contributed by atoms with E-state index < -0.39 is 0 Å². The fourth-order valence-corrected chi connectivity index (χ4v) is 3.67. The van der Waals surface area contributed by atoms with E-state index in [1.807, 2.05) is 23.1 Å². The van der Waals surface area contributed by atoms with Crippen LogP contribution in [0.3, 0.4) is 0 Å². The van der Waals surface area contributed by atoms with E-state index in [2.05, 4.69) is 34.9 Å². The minimum Gasteiger partial charge on any atom is -0.492 e. The number of urea groups is 1. The van der Waals surface area contributed by atoms with Crippen LogP contribution in [-0.4, -0.2) is 37.2 Å². The highest BCUT2D eigenvalue weighted by Crippen LogP contribution is 2.24. The minimum atomic E-state index is -0.0215. The Hall–Kier alpha value is -2.53. The quantitative estimate of drug-likeness (QED) is 0.830. The molecule has 5 heteroatoms. The highest BCUT2D eigenvalue weighted by molar-refractivity contribution is 5.89. The summed E-state index contributed by atoms with van der Waals surface area (Å²) in [5.74, 6) is 0.899. The standard InChI is InChI=1S/C21H25N3O2/c25-21(23-19-7-8-20-18(14-19)15-22-10-13-26-20)24-11-3-6-16-4-1-2-5-17(16)9-12-24/h1-2,4-5,7-8,14,22H,3,6,9-13,15H2,(H,23,25). The van der Waals surface area contributed by atoms with Crippen LogP contribution in [-0.2, 0) is 19.4 Å². The second-order valence-electron chi connectivity index (χ2n) is 6.89. The zero-order chi connectivity index (χ0) is 17.8. The van der Waals surface area contributed by atoms with Gasteiger partial charge in [0.2, 0.25) is 0 Å². The van der Waals surface area contributed by atoms with Gasteiger partial charge in [0.15, 0.2) is 0 Å². The average Bonchev–Trinajstić information content (AvgIpc) is 2.87. The van der Waals surface area contributed by atoms with E-state index in [1.165, 1.54) is 11.1 Å². The van der Waals surface area contributed by atoms with E-state index in [4.69, 9.17) is 4.74 Å². The van der Waals surface area contributed by atoms with Crippen molar-refractivity contribution in [3.8, 4) is 5.75 Å². The number of aryl methyl sites for hydroxylation is 1. The molecular weight excluding hydrogens is 326 g/mol. The molecule has 0 unspecified atom stereocenters. The molecule has 5 nitrogen and oxygen atoms in total. The summed E-state index contributed by atoms with van der Waals surface area (Å²) in [6.07, 6.45) is 2.93. The Balaban J connectivity index is 1.42. The van der Waals surface area contributed by atoms with Gasteiger partial charge in [-0.2, -0.15) is 0 Å². The Morgan fingerprint density at radius 3 is 2.77 bits per heavy atom. The van der Waals surface area contributed by atoms with Crippen LogP contribution in [0.2, 0.25) is 0 Å². The van der Waals surface area contributed by atoms with Crippen LogP contribution in [0.5, 0.6) is 5.75 Å². The molecule has 2 aliphatic rings. The summed E-state index contributed by atoms with van der Waals surface area (Å²) < 4.78 is 5.70. The molecule has 2 aliphatic heterocycles. The van der Waals surface area contributed by atoms with Gasteiger partial charge < -0.3 is 20.3 Å². The zero-order valence-electron chi connectivity index (χ0n) is 15.0. The number of rotatable bonds is 1. The second kappa shape index (κ2) is 7.79. The number of hydrogen-bond acceptors (Lipinski definition) is 3. The summed E-state index contributed by atoms with van der Waals surface area (Å²) in [6.45, 7) is 3.81. The van der Waals surface area contributed by atoms with E-state index in [0.717, 1.165) is 62.4 Å². The SMILES string of the molecule is O=C(Nc1ccc2c(c1)CNCCO2)N1CCCc2ccccc2CC1. The number of hydrogen-bond donors (Lipinski definition) is 2. The smallest absolute Gasteiger partial charge is 0.321 e. The van der Waals surface area contributed by atoms with Crippen molar-refractivity contribution in [1.29, 1.82) is 0 Å². The maximum atomic E-state index is 12.7. The Bertz CT molecular complexity index is 791. The highest BCUT2D eigenvalue weighted by atomic mass is 16.5. The van der Waals surface area contributed by atoms with Crippen molar-refractivity contribution in [2.75, 3.05) is 31.6 Å². The number of nitrogens with zero attached hydrogens (tertiary/aromatic N) is 1. The first kappa shape index (κ1) is 16.9. The van der Waals surface area contributed by atoms with Crippen molar-refractivity contribution in [1.82, 2.24) is 10.2 Å². The van der Waals surface area contributed by atoms with Crippen molar-refractivity contribution in [2.24, 2.45) is 0 Å². The summed E-state index contributed by atoms with van der Waals surface area (Å²) >= 11 is 0. The van der Waals surface area contributed by atoms with Gasteiger partial charge in [-0.15, -0.1) is 0 Å². The van der Waals surface area contributed by atoms with Crippen LogP contribution >= 0.6 is 0 Å². The van der Waals surface area contributed by atoms with Crippen LogP contribution in [0.25, 0.3) is 0 Å². The predicted molar refractivity (Wildman–Crippen MR) is 103 cm³/mol. The number of ether oxygens (including phenoxy) is 1. The van der Waals surface area contributed by atoms with Gasteiger partial charge in [0.1, 0.15) is 12.4 Å². The molecule has 0 bridgehead atoms. The zero-order valence-corrected chi connectivity index (χ0v) is 15.0. The van der Waals surface area contributed by atoms with Gasteiger partial charge in [-0.1, -0.05) is 24.3 Å². The van der Waals surface area contributed by atoms with Crippen LogP contribution in [0.1, 0.15) is 23.1 Å². The summed E-state index contributed by atoms with van der Waals surface area (Å²) in [5.41, 5.74) is 4.69. The first-order valence-corrected chi connectivity index (χ1v) is 9.39. The largest absolute Gasteiger partial charge is 0.492 e. The van der Waals surface area contributed by atoms with E-state index >= 15 is 0 Å². The number of benzene rings is 2. The maximum absolute atomic E-state index is 12.7. The molecule has 136 valence electrons. The van der Waals surface area contributed by atoms with Crippen molar-refractivity contribution in [2.45, 2.75) is 25.8 Å². The lowest BCUT2D eigenvalue weighted by molar-refractivity contribution is 0.210. The fourth-order valence-electron chi connectivity index (χ4n) is 3.67. The van der Waals surface area contributed by atoms with E-state index in [9.17, 15) is 4.79 Å². The molecule has 0 atom stereocenters. The van der Waals surface area contributed by atoms with Crippen LogP contribution < -0.4 is 15.4 Å². The molecule has 2 amide bonds. The Morgan fingerprint density at radius 1 is 1.04 bits per heavy atom. The van der Waals surface area contributed by atoms with Crippen LogP contribution in [0.4, 0.5) is 10.5 Å². The molecule has 0 fully saturated rings. The molecule has 0 spiro atoms. The maximum Gasteiger partial charge on any atom is 0.321 e. The van der Waals surface area contributed by atoms with Crippen molar-refractivity contribution < 1.29 is 9.53 Å². The fraction of sp³-hybridized carbons (Fsp3) is 0.381. The number of anilines is 1. The second-order valence-corrected chi connectivity index (χ2v) is 6.89. The van der Waals surface area contributed by atoms with Gasteiger partial charge in [0, 0.05) is 37.4 Å². The summed E-state index contributed by atoms with van der Waals surface area (Å²) in [7, 11) is 0. The Kier molecular flexibility index (Phi) is 5.07. The Morgan fingerprint density at radius 2 is 1.88 bits per heavy atom. The molecule has 0 saturated heterocycles. The molecule has 0 aliphatic carbocycles. The molecule has 2 N–H and O–H groups in total. The van der Waals surface area contributed by atoms with E-state index in [0.29, 0.717) is 6.61 Å². The lowest BCUT2D eigenvalue weighted by Crippen LogP contribution is -2.38. The third-order valence-corrected chi connectivity index (χ3v) is 5.09. The molecule has 2 aromatic rings. The van der Waals surface area contributed by atoms with Crippen molar-refractivity contribution >= 4 is 11.7 Å². The molecule has 0 aromatic heterocycles. The lowest BCUT2D eigenvalue weighted by Gasteiger charge is -2.26. The van der Waals surface area contributed by atoms with Gasteiger partial charge in [-0.25, -0.2) is 4.79 Å². The topological polar surface area (TPSA) is 53.6 Å². The van der Waals surface area contributed by atoms with Crippen molar-refractivity contribution in [3.63, 3.8) is 0 Å². The van der Waals surface area contributed by atoms with Crippen molar-refractivity contribution in [3.05, 3.63) is 59.2 Å². The third-order valence-electron chi connectivity index (χ3n) is 5.09. The first-order valence-electron chi connectivity index (χ1n) is 9.39. The molecular formula is C21H25N3O2. The first-order chi connectivity index (χ1) is 12.8. The van der Waals surface area contributed by atoms with Gasteiger partial charge >= 0.3 is 6.03 Å². The van der Waals surface area contributed by atoms with Gasteiger partial charge in [-0.3, -0.25) is 0 Å². The summed E-state index contributed by atoms with van der Waals surface area (Å²) in [4.78, 5) is 14.7. The number of fused-ring (bicyclic) bond motifs is 2. The highest BCUT2D eigenvalue weighted by Gasteiger charge is 2.18. The normalized spacial score (nSPS) is 17.0. The van der Waals surface area contributed by atoms with Gasteiger partial charge in [0.05, 0.1) is 0 Å². The average molecular weight is 351 g/mol. The molecule has 2 heterocycles. The molecule has 4 rings (SSSR count). The third kappa shape index (κ3) is 3.83. The molecule has 26 heavy (non-hydrogen) atoms. The minimum absolute atomic E-state index is 0.0215. The van der Waals surface area contributed by atoms with E-state index in [-0.39, 0.29) is 6.03 Å². The molecule has 0 radical (unpaired) electrons. The van der Waals surface area contributed by atoms with Crippen LogP contribution in [0, 0.1) is 0 Å². The Labute approximate surface area is 154 Å². The van der Waals surface area contributed by atoms with Gasteiger partial charge in [-0.05, 0) is 48.6 Å². The summed E-state index contributed by atoms with van der Waals surface area (Å²) in [5, 5.41) is 6.38. The monoisotopic (exact) mass is 351 g/mol. The number of carbonyl (C=O) groups excluding carboxylic acids is 1. The molecule has 0 saturated carbocycles. The van der Waals surface area contributed by atoms with Crippen LogP contribution in [0.15, 0.2) is 42.5 Å². The predicted octanol–water partition coefficient (Wildman–Crippen LogP) is 3.19. The van der Waals surface area contributed by atoms with Gasteiger partial charge in [0.25, 0.3) is 0 Å². The number of amides is 2. The number of nitrogens with one attached hydrogen (secondary N) is 2.